The van der Waals surface area contributed by atoms with Crippen molar-refractivity contribution in [1.82, 2.24) is 10.2 Å². The lowest BCUT2D eigenvalue weighted by atomic mass is 10.2. The second-order valence-electron chi connectivity index (χ2n) is 3.81. The van der Waals surface area contributed by atoms with Crippen molar-refractivity contribution in [1.29, 1.82) is 0 Å². The van der Waals surface area contributed by atoms with Gasteiger partial charge in [0.25, 0.3) is 5.91 Å². The Hall–Kier alpha value is -0.390. The molecule has 3 nitrogen and oxygen atoms in total. The van der Waals surface area contributed by atoms with E-state index in [1.54, 1.807) is 4.90 Å². The van der Waals surface area contributed by atoms with E-state index in [1.165, 1.54) is 0 Å². The summed E-state index contributed by atoms with van der Waals surface area (Å²) in [5.41, 5.74) is 0.695. The topological polar surface area (TPSA) is 32.3 Å². The van der Waals surface area contributed by atoms with Crippen LogP contribution in [0.15, 0.2) is 27.1 Å². The Morgan fingerprint density at radius 2 is 2.12 bits per heavy atom. The van der Waals surface area contributed by atoms with Crippen LogP contribution in [0.3, 0.4) is 0 Å². The smallest absolute Gasteiger partial charge is 0.254 e. The summed E-state index contributed by atoms with van der Waals surface area (Å²) in [6.07, 6.45) is 0.951. The van der Waals surface area contributed by atoms with Crippen molar-refractivity contribution in [3.8, 4) is 0 Å². The second kappa shape index (κ2) is 7.13. The number of nitrogens with zero attached hydrogens (tertiary/aromatic N) is 1. The van der Waals surface area contributed by atoms with E-state index in [4.69, 9.17) is 0 Å². The molecule has 94 valence electrons. The normalized spacial score (nSPS) is 10.4. The molecular formula is C12H16Br2N2O. The summed E-state index contributed by atoms with van der Waals surface area (Å²) in [6, 6.07) is 5.58. The molecule has 1 amide bonds. The molecule has 1 aromatic rings. The average molecular weight is 364 g/mol. The first kappa shape index (κ1) is 14.7. The van der Waals surface area contributed by atoms with Gasteiger partial charge in [0.15, 0.2) is 0 Å². The van der Waals surface area contributed by atoms with Gasteiger partial charge in [-0.1, -0.05) is 15.9 Å². The highest BCUT2D eigenvalue weighted by atomic mass is 79.9. The third kappa shape index (κ3) is 4.41. The van der Waals surface area contributed by atoms with Gasteiger partial charge in [0.05, 0.1) is 5.56 Å². The van der Waals surface area contributed by atoms with E-state index in [0.717, 1.165) is 28.5 Å². The number of amides is 1. The Balaban J connectivity index is 2.68. The number of halogens is 2. The Morgan fingerprint density at radius 3 is 2.71 bits per heavy atom. The van der Waals surface area contributed by atoms with Gasteiger partial charge in [-0.2, -0.15) is 0 Å². The molecule has 0 aliphatic carbocycles. The maximum atomic E-state index is 12.1. The number of carbonyl (C=O) groups excluding carboxylic acids is 1. The van der Waals surface area contributed by atoms with Gasteiger partial charge in [0.2, 0.25) is 0 Å². The van der Waals surface area contributed by atoms with Gasteiger partial charge < -0.3 is 10.2 Å². The molecule has 0 fully saturated rings. The van der Waals surface area contributed by atoms with E-state index >= 15 is 0 Å². The van der Waals surface area contributed by atoms with Crippen molar-refractivity contribution in [3.05, 3.63) is 32.7 Å². The highest BCUT2D eigenvalue weighted by molar-refractivity contribution is 9.11. The Kier molecular flexibility index (Phi) is 6.16. The summed E-state index contributed by atoms with van der Waals surface area (Å²) in [4.78, 5) is 13.9. The predicted molar refractivity (Wildman–Crippen MR) is 77.3 cm³/mol. The molecule has 0 spiro atoms. The van der Waals surface area contributed by atoms with E-state index in [-0.39, 0.29) is 5.91 Å². The number of hydrogen-bond donors (Lipinski definition) is 1. The van der Waals surface area contributed by atoms with E-state index in [0.29, 0.717) is 5.56 Å². The molecule has 0 aromatic heterocycles. The lowest BCUT2D eigenvalue weighted by Crippen LogP contribution is -2.29. The summed E-state index contributed by atoms with van der Waals surface area (Å²) in [7, 11) is 3.74. The number of nitrogens with one attached hydrogen (secondary N) is 1. The Bertz CT molecular complexity index is 396. The number of carbonyl (C=O) groups is 1. The minimum atomic E-state index is 0.0421. The van der Waals surface area contributed by atoms with E-state index in [1.807, 2.05) is 32.3 Å². The monoisotopic (exact) mass is 362 g/mol. The van der Waals surface area contributed by atoms with Gasteiger partial charge in [-0.3, -0.25) is 4.79 Å². The quantitative estimate of drug-likeness (QED) is 0.816. The van der Waals surface area contributed by atoms with Gasteiger partial charge in [-0.15, -0.1) is 0 Å². The number of benzene rings is 1. The summed E-state index contributed by atoms with van der Waals surface area (Å²) in [6.45, 7) is 1.67. The van der Waals surface area contributed by atoms with Crippen LogP contribution in [0.2, 0.25) is 0 Å². The standard InChI is InChI=1S/C12H16Br2N2O/c1-15-6-3-7-16(2)12(17)10-5-4-9(13)8-11(10)14/h4-5,8,15H,3,6-7H2,1-2H3. The zero-order valence-corrected chi connectivity index (χ0v) is 13.1. The van der Waals surface area contributed by atoms with Crippen molar-refractivity contribution in [3.63, 3.8) is 0 Å². The van der Waals surface area contributed by atoms with Crippen LogP contribution in [0.25, 0.3) is 0 Å². The largest absolute Gasteiger partial charge is 0.342 e. The molecular weight excluding hydrogens is 348 g/mol. The molecule has 1 N–H and O–H groups in total. The highest BCUT2D eigenvalue weighted by Crippen LogP contribution is 2.22. The zero-order valence-electron chi connectivity index (χ0n) is 9.96. The van der Waals surface area contributed by atoms with E-state index in [2.05, 4.69) is 37.2 Å². The van der Waals surface area contributed by atoms with E-state index < -0.39 is 0 Å². The summed E-state index contributed by atoms with van der Waals surface area (Å²) in [5, 5.41) is 3.07. The van der Waals surface area contributed by atoms with Crippen LogP contribution in [0, 0.1) is 0 Å². The predicted octanol–water partition coefficient (Wildman–Crippen LogP) is 2.89. The molecule has 1 rings (SSSR count). The average Bonchev–Trinajstić information content (AvgIpc) is 2.28. The van der Waals surface area contributed by atoms with Gasteiger partial charge in [-0.05, 0) is 54.1 Å². The van der Waals surface area contributed by atoms with Crippen LogP contribution in [0.4, 0.5) is 0 Å². The molecule has 0 aliphatic heterocycles. The maximum Gasteiger partial charge on any atom is 0.254 e. The van der Waals surface area contributed by atoms with Crippen molar-refractivity contribution in [2.24, 2.45) is 0 Å². The maximum absolute atomic E-state index is 12.1. The van der Waals surface area contributed by atoms with Crippen LogP contribution in [-0.2, 0) is 0 Å². The van der Waals surface area contributed by atoms with Gasteiger partial charge in [-0.25, -0.2) is 0 Å². The van der Waals surface area contributed by atoms with Crippen LogP contribution in [0.5, 0.6) is 0 Å². The molecule has 0 unspecified atom stereocenters. The zero-order chi connectivity index (χ0) is 12.8. The Morgan fingerprint density at radius 1 is 1.41 bits per heavy atom. The minimum absolute atomic E-state index is 0.0421. The molecule has 17 heavy (non-hydrogen) atoms. The lowest BCUT2D eigenvalue weighted by Gasteiger charge is -2.18. The van der Waals surface area contributed by atoms with E-state index in [9.17, 15) is 4.79 Å². The van der Waals surface area contributed by atoms with Crippen molar-refractivity contribution >= 4 is 37.8 Å². The molecule has 0 saturated heterocycles. The van der Waals surface area contributed by atoms with Crippen molar-refractivity contribution in [2.45, 2.75) is 6.42 Å². The lowest BCUT2D eigenvalue weighted by molar-refractivity contribution is 0.0793. The van der Waals surface area contributed by atoms with Gasteiger partial charge in [0, 0.05) is 22.5 Å². The molecule has 0 heterocycles. The molecule has 1 aromatic carbocycles. The van der Waals surface area contributed by atoms with Crippen LogP contribution >= 0.6 is 31.9 Å². The molecule has 0 saturated carbocycles. The SMILES string of the molecule is CNCCCN(C)C(=O)c1ccc(Br)cc1Br. The fourth-order valence-electron chi connectivity index (χ4n) is 1.46. The molecule has 0 aliphatic rings. The minimum Gasteiger partial charge on any atom is -0.342 e. The molecule has 0 atom stereocenters. The summed E-state index contributed by atoms with van der Waals surface area (Å²) >= 11 is 6.78. The van der Waals surface area contributed by atoms with Crippen molar-refractivity contribution in [2.75, 3.05) is 27.2 Å². The molecule has 5 heteroatoms. The van der Waals surface area contributed by atoms with Crippen LogP contribution in [-0.4, -0.2) is 38.0 Å². The number of rotatable bonds is 5. The molecule has 0 radical (unpaired) electrons. The fourth-order valence-corrected chi connectivity index (χ4v) is 2.68. The van der Waals surface area contributed by atoms with Crippen LogP contribution < -0.4 is 5.32 Å². The summed E-state index contributed by atoms with van der Waals surface area (Å²) < 4.78 is 1.77. The van der Waals surface area contributed by atoms with Gasteiger partial charge >= 0.3 is 0 Å². The highest BCUT2D eigenvalue weighted by Gasteiger charge is 2.14. The van der Waals surface area contributed by atoms with Gasteiger partial charge in [0.1, 0.15) is 0 Å². The third-order valence-corrected chi connectivity index (χ3v) is 3.58. The fraction of sp³-hybridized carbons (Fsp3) is 0.417. The third-order valence-electron chi connectivity index (χ3n) is 2.43. The molecule has 0 bridgehead atoms. The number of hydrogen-bond acceptors (Lipinski definition) is 2. The summed E-state index contributed by atoms with van der Waals surface area (Å²) in [5.74, 6) is 0.0421. The van der Waals surface area contributed by atoms with Crippen LogP contribution in [0.1, 0.15) is 16.8 Å². The Labute approximate surface area is 119 Å². The van der Waals surface area contributed by atoms with Crippen molar-refractivity contribution < 1.29 is 4.79 Å². The first-order chi connectivity index (χ1) is 8.06. The first-order valence-electron chi connectivity index (χ1n) is 5.41. The first-order valence-corrected chi connectivity index (χ1v) is 7.00. The second-order valence-corrected chi connectivity index (χ2v) is 5.58.